The largest absolute Gasteiger partial charge is 0.463 e. The first-order valence-corrected chi connectivity index (χ1v) is 8.03. The monoisotopic (exact) mass is 293 g/mol. The molecule has 1 N–H and O–H groups in total. The second kappa shape index (κ2) is 6.51. The van der Waals surface area contributed by atoms with Crippen LogP contribution in [0.25, 0.3) is 0 Å². The third kappa shape index (κ3) is 4.31. The molecule has 1 aliphatic heterocycles. The molecule has 1 aliphatic rings. The molecule has 0 unspecified atom stereocenters. The molecule has 2 rings (SSSR count). The fraction of sp³-hybridized carbons (Fsp3) is 0.765. The van der Waals surface area contributed by atoms with Crippen molar-refractivity contribution in [1.82, 2.24) is 15.1 Å². The summed E-state index contributed by atoms with van der Waals surface area (Å²) in [7, 11) is 2.21. The minimum absolute atomic E-state index is 0.238. The summed E-state index contributed by atoms with van der Waals surface area (Å²) in [6, 6.07) is 2.68. The van der Waals surface area contributed by atoms with E-state index in [1.54, 1.807) is 0 Å². The molecule has 0 amide bonds. The van der Waals surface area contributed by atoms with Crippen molar-refractivity contribution in [3.8, 4) is 0 Å². The molecular weight excluding hydrogens is 262 g/mol. The summed E-state index contributed by atoms with van der Waals surface area (Å²) in [6.07, 6.45) is 0. The lowest BCUT2D eigenvalue weighted by molar-refractivity contribution is 0.0326. The predicted molar refractivity (Wildman–Crippen MR) is 87.4 cm³/mol. The Kier molecular flexibility index (Phi) is 5.12. The second-order valence-electron chi connectivity index (χ2n) is 7.30. The standard InChI is InChI=1S/C17H31N3O/c1-13(2)18-10-16-14(3)9-15(21-16)11-20-8-7-19(6)17(4,5)12-20/h9,13,18H,7-8,10-12H2,1-6H3. The molecule has 120 valence electrons. The van der Waals surface area contributed by atoms with Crippen molar-refractivity contribution in [3.63, 3.8) is 0 Å². The van der Waals surface area contributed by atoms with Crippen LogP contribution in [0.5, 0.6) is 0 Å². The Morgan fingerprint density at radius 1 is 1.33 bits per heavy atom. The molecule has 0 radical (unpaired) electrons. The Balaban J connectivity index is 1.96. The van der Waals surface area contributed by atoms with E-state index in [1.807, 2.05) is 0 Å². The van der Waals surface area contributed by atoms with Crippen molar-refractivity contribution in [1.29, 1.82) is 0 Å². The normalized spacial score (nSPS) is 20.3. The lowest BCUT2D eigenvalue weighted by Gasteiger charge is -2.45. The average molecular weight is 293 g/mol. The lowest BCUT2D eigenvalue weighted by Crippen LogP contribution is -2.57. The number of piperazine rings is 1. The summed E-state index contributed by atoms with van der Waals surface area (Å²) >= 11 is 0. The average Bonchev–Trinajstić information content (AvgIpc) is 2.71. The number of likely N-dealkylation sites (N-methyl/N-ethyl adjacent to an activating group) is 1. The molecule has 0 spiro atoms. The highest BCUT2D eigenvalue weighted by Crippen LogP contribution is 2.22. The topological polar surface area (TPSA) is 31.6 Å². The van der Waals surface area contributed by atoms with Gasteiger partial charge in [0.15, 0.2) is 0 Å². The van der Waals surface area contributed by atoms with Crippen LogP contribution in [0.3, 0.4) is 0 Å². The summed E-state index contributed by atoms with van der Waals surface area (Å²) in [5.74, 6) is 2.17. The second-order valence-corrected chi connectivity index (χ2v) is 7.30. The van der Waals surface area contributed by atoms with Crippen LogP contribution in [0.4, 0.5) is 0 Å². The van der Waals surface area contributed by atoms with Crippen LogP contribution in [0, 0.1) is 6.92 Å². The van der Waals surface area contributed by atoms with E-state index in [9.17, 15) is 0 Å². The molecule has 1 saturated heterocycles. The van der Waals surface area contributed by atoms with Gasteiger partial charge in [-0.05, 0) is 39.4 Å². The Labute approximate surface area is 129 Å². The third-order valence-corrected chi connectivity index (χ3v) is 4.52. The predicted octanol–water partition coefficient (Wildman–Crippen LogP) is 2.61. The Morgan fingerprint density at radius 2 is 2.05 bits per heavy atom. The van der Waals surface area contributed by atoms with Crippen molar-refractivity contribution in [2.45, 2.75) is 59.3 Å². The molecule has 0 aliphatic carbocycles. The zero-order valence-corrected chi connectivity index (χ0v) is 14.5. The highest BCUT2D eigenvalue weighted by molar-refractivity contribution is 5.20. The van der Waals surface area contributed by atoms with Crippen LogP contribution in [0.2, 0.25) is 0 Å². The van der Waals surface area contributed by atoms with Gasteiger partial charge in [0.25, 0.3) is 0 Å². The van der Waals surface area contributed by atoms with Gasteiger partial charge in [0, 0.05) is 31.2 Å². The molecule has 2 heterocycles. The van der Waals surface area contributed by atoms with Crippen LogP contribution in [0.15, 0.2) is 10.5 Å². The molecule has 4 heteroatoms. The lowest BCUT2D eigenvalue weighted by atomic mass is 10.00. The summed E-state index contributed by atoms with van der Waals surface area (Å²) in [4.78, 5) is 4.94. The van der Waals surface area contributed by atoms with Crippen molar-refractivity contribution in [3.05, 3.63) is 23.2 Å². The zero-order chi connectivity index (χ0) is 15.6. The van der Waals surface area contributed by atoms with E-state index in [4.69, 9.17) is 4.42 Å². The van der Waals surface area contributed by atoms with Crippen LogP contribution in [-0.4, -0.2) is 48.1 Å². The summed E-state index contributed by atoms with van der Waals surface area (Å²) in [5, 5.41) is 3.42. The molecule has 1 aromatic rings. The minimum atomic E-state index is 0.238. The van der Waals surface area contributed by atoms with E-state index in [1.165, 1.54) is 5.56 Å². The van der Waals surface area contributed by atoms with Gasteiger partial charge in [-0.25, -0.2) is 0 Å². The van der Waals surface area contributed by atoms with E-state index < -0.39 is 0 Å². The quantitative estimate of drug-likeness (QED) is 0.904. The number of nitrogens with one attached hydrogen (secondary N) is 1. The van der Waals surface area contributed by atoms with E-state index in [-0.39, 0.29) is 5.54 Å². The van der Waals surface area contributed by atoms with Gasteiger partial charge in [0.2, 0.25) is 0 Å². The van der Waals surface area contributed by atoms with E-state index >= 15 is 0 Å². The Bertz CT molecular complexity index is 465. The molecule has 1 fully saturated rings. The van der Waals surface area contributed by atoms with Gasteiger partial charge in [-0.2, -0.15) is 0 Å². The molecule has 0 aromatic carbocycles. The number of rotatable bonds is 5. The van der Waals surface area contributed by atoms with Gasteiger partial charge in [-0.3, -0.25) is 9.80 Å². The van der Waals surface area contributed by atoms with Gasteiger partial charge in [-0.15, -0.1) is 0 Å². The molecular formula is C17H31N3O. The van der Waals surface area contributed by atoms with Gasteiger partial charge in [0.05, 0.1) is 13.1 Å². The van der Waals surface area contributed by atoms with Crippen LogP contribution < -0.4 is 5.32 Å². The van der Waals surface area contributed by atoms with E-state index in [0.29, 0.717) is 6.04 Å². The number of hydrogen-bond acceptors (Lipinski definition) is 4. The first-order chi connectivity index (χ1) is 9.78. The maximum absolute atomic E-state index is 6.04. The Morgan fingerprint density at radius 3 is 2.67 bits per heavy atom. The SMILES string of the molecule is Cc1cc(CN2CCN(C)C(C)(C)C2)oc1CNC(C)C. The van der Waals surface area contributed by atoms with Gasteiger partial charge in [-0.1, -0.05) is 13.8 Å². The van der Waals surface area contributed by atoms with E-state index in [2.05, 4.69) is 62.8 Å². The van der Waals surface area contributed by atoms with Gasteiger partial charge < -0.3 is 9.73 Å². The van der Waals surface area contributed by atoms with Crippen molar-refractivity contribution in [2.24, 2.45) is 0 Å². The minimum Gasteiger partial charge on any atom is -0.463 e. The van der Waals surface area contributed by atoms with Crippen molar-refractivity contribution >= 4 is 0 Å². The van der Waals surface area contributed by atoms with E-state index in [0.717, 1.165) is 44.2 Å². The van der Waals surface area contributed by atoms with Gasteiger partial charge >= 0.3 is 0 Å². The molecule has 4 nitrogen and oxygen atoms in total. The maximum atomic E-state index is 6.04. The zero-order valence-electron chi connectivity index (χ0n) is 14.5. The highest BCUT2D eigenvalue weighted by Gasteiger charge is 2.31. The molecule has 0 atom stereocenters. The number of hydrogen-bond donors (Lipinski definition) is 1. The molecule has 0 bridgehead atoms. The first kappa shape index (κ1) is 16.5. The fourth-order valence-electron chi connectivity index (χ4n) is 2.84. The van der Waals surface area contributed by atoms with Crippen LogP contribution in [-0.2, 0) is 13.1 Å². The summed E-state index contributed by atoms with van der Waals surface area (Å²) in [5.41, 5.74) is 1.49. The van der Waals surface area contributed by atoms with Crippen molar-refractivity contribution in [2.75, 3.05) is 26.7 Å². The number of nitrogens with zero attached hydrogens (tertiary/aromatic N) is 2. The summed E-state index contributed by atoms with van der Waals surface area (Å²) in [6.45, 7) is 16.1. The molecule has 0 saturated carbocycles. The third-order valence-electron chi connectivity index (χ3n) is 4.52. The van der Waals surface area contributed by atoms with Crippen molar-refractivity contribution < 1.29 is 4.42 Å². The Hall–Kier alpha value is -0.840. The van der Waals surface area contributed by atoms with Crippen LogP contribution >= 0.6 is 0 Å². The maximum Gasteiger partial charge on any atom is 0.120 e. The fourth-order valence-corrected chi connectivity index (χ4v) is 2.84. The smallest absolute Gasteiger partial charge is 0.120 e. The van der Waals surface area contributed by atoms with Crippen LogP contribution in [0.1, 0.15) is 44.8 Å². The molecule has 21 heavy (non-hydrogen) atoms. The highest BCUT2D eigenvalue weighted by atomic mass is 16.3. The number of aryl methyl sites for hydroxylation is 1. The number of furan rings is 1. The molecule has 1 aromatic heterocycles. The summed E-state index contributed by atoms with van der Waals surface area (Å²) < 4.78 is 6.04. The van der Waals surface area contributed by atoms with Gasteiger partial charge in [0.1, 0.15) is 11.5 Å². The first-order valence-electron chi connectivity index (χ1n) is 8.03.